The Balaban J connectivity index is 1.54. The van der Waals surface area contributed by atoms with Gasteiger partial charge in [-0.25, -0.2) is 10.0 Å². The van der Waals surface area contributed by atoms with E-state index < -0.39 is 16.6 Å². The number of carbonyl (C=O) groups is 3. The molecule has 0 aromatic heterocycles. The lowest BCUT2D eigenvalue weighted by Gasteiger charge is -2.19. The standard InChI is InChI=1S/C39H47Cl4N5O3S/c1-5-6-7-8-9-10-11-12-13-16-21-44-36(49)27-17-14-15-18-32(27)52-34-35(47-48(37(34)50)33-29(42)22-25(40)23-30(33)43)46-31-24-26(19-20-28(31)41)45-38(51)39(2,3)4/h14-15,17-20,22-24,34H,5-13,16,21H2,1-4H3,(H,44,49)(H,45,51)(H,46,47). The molecule has 3 aromatic rings. The molecular formula is C39H47Cl4N5O3S. The third kappa shape index (κ3) is 11.8. The van der Waals surface area contributed by atoms with Crippen LogP contribution in [0.4, 0.5) is 17.1 Å². The first kappa shape index (κ1) is 41.8. The highest BCUT2D eigenvalue weighted by atomic mass is 35.5. The van der Waals surface area contributed by atoms with Crippen LogP contribution in [0.15, 0.2) is 64.5 Å². The van der Waals surface area contributed by atoms with Crippen molar-refractivity contribution < 1.29 is 14.4 Å². The molecule has 3 N–H and O–H groups in total. The monoisotopic (exact) mass is 805 g/mol. The molecule has 280 valence electrons. The fraction of sp³-hybridized carbons (Fsp3) is 0.436. The Bertz CT molecular complexity index is 1740. The number of hydrazine groups is 1. The zero-order chi connectivity index (χ0) is 37.8. The van der Waals surface area contributed by atoms with Crippen molar-refractivity contribution in [3.8, 4) is 0 Å². The van der Waals surface area contributed by atoms with Crippen molar-refractivity contribution in [1.82, 2.24) is 10.7 Å². The van der Waals surface area contributed by atoms with E-state index in [1.807, 2.05) is 26.8 Å². The first-order valence-corrected chi connectivity index (χ1v) is 20.2. The number of hydrogen-bond donors (Lipinski definition) is 3. The summed E-state index contributed by atoms with van der Waals surface area (Å²) in [6, 6.07) is 15.1. The Morgan fingerprint density at radius 3 is 2.10 bits per heavy atom. The van der Waals surface area contributed by atoms with E-state index in [9.17, 15) is 14.4 Å². The van der Waals surface area contributed by atoms with Crippen molar-refractivity contribution in [3.63, 3.8) is 0 Å². The lowest BCUT2D eigenvalue weighted by molar-refractivity contribution is -0.123. The number of benzene rings is 3. The summed E-state index contributed by atoms with van der Waals surface area (Å²) in [7, 11) is 0. The van der Waals surface area contributed by atoms with Crippen molar-refractivity contribution in [2.24, 2.45) is 10.4 Å². The van der Waals surface area contributed by atoms with Gasteiger partial charge in [0.15, 0.2) is 0 Å². The van der Waals surface area contributed by atoms with Gasteiger partial charge in [-0.2, -0.15) is 0 Å². The minimum Gasteiger partial charge on any atom is -0.352 e. The van der Waals surface area contributed by atoms with Crippen LogP contribution in [-0.2, 0) is 9.59 Å². The van der Waals surface area contributed by atoms with E-state index in [1.54, 1.807) is 36.4 Å². The first-order chi connectivity index (χ1) is 24.8. The van der Waals surface area contributed by atoms with Gasteiger partial charge in [0, 0.05) is 27.6 Å². The Labute approximate surface area is 331 Å². The van der Waals surface area contributed by atoms with E-state index in [-0.39, 0.29) is 33.4 Å². The molecule has 8 nitrogen and oxygen atoms in total. The van der Waals surface area contributed by atoms with Crippen molar-refractivity contribution in [1.29, 1.82) is 0 Å². The largest absolute Gasteiger partial charge is 0.352 e. The molecule has 1 unspecified atom stereocenters. The van der Waals surface area contributed by atoms with Gasteiger partial charge in [0.05, 0.1) is 26.3 Å². The van der Waals surface area contributed by atoms with Crippen molar-refractivity contribution in [2.45, 2.75) is 102 Å². The summed E-state index contributed by atoms with van der Waals surface area (Å²) in [5.41, 5.74) is 3.88. The maximum Gasteiger partial charge on any atom is 0.267 e. The van der Waals surface area contributed by atoms with Crippen LogP contribution in [0, 0.1) is 5.41 Å². The average Bonchev–Trinajstić information content (AvgIpc) is 3.37. The first-order valence-electron chi connectivity index (χ1n) is 17.8. The van der Waals surface area contributed by atoms with Gasteiger partial charge in [0.25, 0.3) is 11.8 Å². The van der Waals surface area contributed by atoms with Gasteiger partial charge < -0.3 is 10.6 Å². The highest BCUT2D eigenvalue weighted by Gasteiger charge is 2.41. The van der Waals surface area contributed by atoms with E-state index in [4.69, 9.17) is 51.4 Å². The number of anilines is 2. The summed E-state index contributed by atoms with van der Waals surface area (Å²) < 4.78 is 0. The summed E-state index contributed by atoms with van der Waals surface area (Å²) in [5.74, 6) is -0.609. The number of unbranched alkanes of at least 4 members (excludes halogenated alkanes) is 9. The Morgan fingerprint density at radius 2 is 1.46 bits per heavy atom. The van der Waals surface area contributed by atoms with E-state index >= 15 is 0 Å². The molecule has 0 bridgehead atoms. The molecule has 0 spiro atoms. The van der Waals surface area contributed by atoms with Gasteiger partial charge in [-0.3, -0.25) is 19.8 Å². The maximum atomic E-state index is 14.2. The number of hydrogen-bond acceptors (Lipinski definition) is 5. The number of nitrogens with zero attached hydrogens (tertiary/aromatic N) is 2. The second-order valence-corrected chi connectivity index (χ2v) is 16.6. The minimum absolute atomic E-state index is 0.153. The zero-order valence-electron chi connectivity index (χ0n) is 30.1. The van der Waals surface area contributed by atoms with Gasteiger partial charge in [0.1, 0.15) is 16.8 Å². The molecule has 1 saturated heterocycles. The number of aliphatic imine (C=N–C) groups is 1. The predicted octanol–water partition coefficient (Wildman–Crippen LogP) is 11.7. The number of carbonyl (C=O) groups excluding carboxylic acids is 3. The van der Waals surface area contributed by atoms with Crippen LogP contribution in [0.25, 0.3) is 0 Å². The molecule has 52 heavy (non-hydrogen) atoms. The highest BCUT2D eigenvalue weighted by molar-refractivity contribution is 8.01. The highest BCUT2D eigenvalue weighted by Crippen LogP contribution is 2.41. The van der Waals surface area contributed by atoms with Crippen LogP contribution in [-0.4, -0.2) is 35.4 Å². The molecule has 1 heterocycles. The van der Waals surface area contributed by atoms with Gasteiger partial charge in [-0.1, -0.05) is 144 Å². The van der Waals surface area contributed by atoms with Crippen LogP contribution in [0.5, 0.6) is 0 Å². The van der Waals surface area contributed by atoms with Gasteiger partial charge in [-0.15, -0.1) is 11.8 Å². The molecule has 1 aliphatic heterocycles. The van der Waals surface area contributed by atoms with E-state index in [2.05, 4.69) is 23.0 Å². The van der Waals surface area contributed by atoms with Crippen molar-refractivity contribution in [3.05, 3.63) is 80.3 Å². The molecule has 0 aliphatic carbocycles. The number of halogens is 4. The molecule has 4 rings (SSSR count). The number of amides is 3. The van der Waals surface area contributed by atoms with Crippen molar-refractivity contribution >= 4 is 98.8 Å². The van der Waals surface area contributed by atoms with Crippen LogP contribution < -0.4 is 21.1 Å². The SMILES string of the molecule is CCCCCCCCCCCCNC(=O)c1ccccc1SC1C(=O)N(c2c(Cl)cc(Cl)cc2Cl)NC1=Nc1cc(NC(=O)C(C)(C)C)ccc1Cl. The molecule has 3 aromatic carbocycles. The molecule has 1 aliphatic rings. The summed E-state index contributed by atoms with van der Waals surface area (Å²) in [6.07, 6.45) is 12.1. The smallest absolute Gasteiger partial charge is 0.267 e. The second-order valence-electron chi connectivity index (χ2n) is 13.8. The normalized spacial score (nSPS) is 15.2. The van der Waals surface area contributed by atoms with Gasteiger partial charge in [0.2, 0.25) is 5.91 Å². The number of rotatable bonds is 17. The van der Waals surface area contributed by atoms with Crippen LogP contribution in [0.3, 0.4) is 0 Å². The lowest BCUT2D eigenvalue weighted by Crippen LogP contribution is -2.36. The summed E-state index contributed by atoms with van der Waals surface area (Å²) >= 11 is 27.0. The molecule has 0 saturated carbocycles. The van der Waals surface area contributed by atoms with Crippen LogP contribution in [0.1, 0.15) is 102 Å². The summed E-state index contributed by atoms with van der Waals surface area (Å²) in [6.45, 7) is 8.23. The topological polar surface area (TPSA) is 103 Å². The molecule has 0 radical (unpaired) electrons. The lowest BCUT2D eigenvalue weighted by atomic mass is 9.95. The number of amidine groups is 1. The second kappa shape index (κ2) is 19.9. The number of thioether (sulfide) groups is 1. The molecule has 13 heteroatoms. The predicted molar refractivity (Wildman–Crippen MR) is 219 cm³/mol. The summed E-state index contributed by atoms with van der Waals surface area (Å²) in [5, 5.41) is 7.13. The van der Waals surface area contributed by atoms with Crippen LogP contribution in [0.2, 0.25) is 20.1 Å². The molecular weight excluding hydrogens is 760 g/mol. The number of nitrogens with one attached hydrogen (secondary N) is 3. The van der Waals surface area contributed by atoms with Crippen LogP contribution >= 0.6 is 58.2 Å². The fourth-order valence-electron chi connectivity index (χ4n) is 5.48. The Hall–Kier alpha value is -2.95. The third-order valence-corrected chi connectivity index (χ3v) is 10.8. The fourth-order valence-corrected chi connectivity index (χ4v) is 7.75. The third-order valence-electron chi connectivity index (χ3n) is 8.44. The zero-order valence-corrected chi connectivity index (χ0v) is 33.9. The molecule has 3 amide bonds. The molecule has 1 atom stereocenters. The molecule has 1 fully saturated rings. The van der Waals surface area contributed by atoms with Gasteiger partial charge in [-0.05, 0) is 48.9 Å². The quantitative estimate of drug-likeness (QED) is 0.118. The van der Waals surface area contributed by atoms with E-state index in [1.165, 1.54) is 73.8 Å². The Morgan fingerprint density at radius 1 is 0.846 bits per heavy atom. The van der Waals surface area contributed by atoms with Crippen molar-refractivity contribution in [2.75, 3.05) is 16.9 Å². The van der Waals surface area contributed by atoms with E-state index in [0.717, 1.165) is 19.3 Å². The minimum atomic E-state index is -0.956. The maximum absolute atomic E-state index is 14.2. The van der Waals surface area contributed by atoms with Gasteiger partial charge >= 0.3 is 0 Å². The Kier molecular flexibility index (Phi) is 16.0. The summed E-state index contributed by atoms with van der Waals surface area (Å²) in [4.78, 5) is 45.7. The average molecular weight is 808 g/mol. The van der Waals surface area contributed by atoms with E-state index in [0.29, 0.717) is 38.4 Å².